The molecule has 4 aromatic rings. The van der Waals surface area contributed by atoms with Crippen LogP contribution in [0.3, 0.4) is 0 Å². The van der Waals surface area contributed by atoms with E-state index < -0.39 is 34.7 Å². The fourth-order valence-corrected chi connectivity index (χ4v) is 3.39. The summed E-state index contributed by atoms with van der Waals surface area (Å²) in [6, 6.07) is 15.7. The molecule has 0 bridgehead atoms. The van der Waals surface area contributed by atoms with E-state index in [9.17, 15) is 22.8 Å². The van der Waals surface area contributed by atoms with Crippen molar-refractivity contribution in [3.05, 3.63) is 88.3 Å². The Morgan fingerprint density at radius 2 is 1.61 bits per heavy atom. The summed E-state index contributed by atoms with van der Waals surface area (Å²) in [5.74, 6) is -3.29. The van der Waals surface area contributed by atoms with Crippen molar-refractivity contribution in [2.24, 2.45) is 0 Å². The lowest BCUT2D eigenvalue weighted by Gasteiger charge is -2.15. The Hall–Kier alpha value is -4.47. The molecule has 0 aliphatic rings. The number of carbonyl (C=O) groups excluding carboxylic acids is 1. The van der Waals surface area contributed by atoms with Gasteiger partial charge in [-0.15, -0.1) is 0 Å². The molecule has 0 atom stereocenters. The Labute approximate surface area is 202 Å². The zero-order valence-corrected chi connectivity index (χ0v) is 19.0. The van der Waals surface area contributed by atoms with Gasteiger partial charge in [0.2, 0.25) is 11.2 Å². The molecular formula is C26H19F3O7. The van der Waals surface area contributed by atoms with E-state index in [1.165, 1.54) is 43.5 Å². The number of benzene rings is 3. The molecule has 3 aromatic carbocycles. The van der Waals surface area contributed by atoms with E-state index in [-0.39, 0.29) is 40.6 Å². The molecule has 186 valence electrons. The molecule has 0 saturated heterocycles. The maximum absolute atomic E-state index is 13.9. The first kappa shape index (κ1) is 24.6. The number of para-hydroxylation sites is 3. The van der Waals surface area contributed by atoms with Crippen molar-refractivity contribution in [1.82, 2.24) is 0 Å². The van der Waals surface area contributed by atoms with E-state index in [4.69, 9.17) is 23.4 Å². The lowest BCUT2D eigenvalue weighted by molar-refractivity contribution is -0.154. The van der Waals surface area contributed by atoms with Crippen molar-refractivity contribution < 1.29 is 41.3 Å². The lowest BCUT2D eigenvalue weighted by atomic mass is 10.2. The summed E-state index contributed by atoms with van der Waals surface area (Å²) in [6.07, 6.45) is -5.06. The Bertz CT molecular complexity index is 1470. The van der Waals surface area contributed by atoms with Gasteiger partial charge in [-0.2, -0.15) is 13.2 Å². The minimum Gasteiger partial charge on any atom is -0.496 e. The van der Waals surface area contributed by atoms with Crippen LogP contribution < -0.4 is 24.4 Å². The molecule has 10 heteroatoms. The van der Waals surface area contributed by atoms with E-state index in [1.54, 1.807) is 31.2 Å². The van der Waals surface area contributed by atoms with E-state index in [0.29, 0.717) is 0 Å². The number of hydrogen-bond donors (Lipinski definition) is 0. The summed E-state index contributed by atoms with van der Waals surface area (Å²) >= 11 is 0. The van der Waals surface area contributed by atoms with Gasteiger partial charge in [0.15, 0.2) is 11.5 Å². The fraction of sp³-hybridized carbons (Fsp3) is 0.154. The highest BCUT2D eigenvalue weighted by molar-refractivity contribution is 5.94. The molecule has 1 heterocycles. The third-order valence-electron chi connectivity index (χ3n) is 4.98. The van der Waals surface area contributed by atoms with Crippen LogP contribution in [0.15, 0.2) is 75.9 Å². The summed E-state index contributed by atoms with van der Waals surface area (Å²) in [6.45, 7) is 1.93. The first-order chi connectivity index (χ1) is 17.2. The predicted octanol–water partition coefficient (Wildman–Crippen LogP) is 6.23. The Kier molecular flexibility index (Phi) is 6.86. The topological polar surface area (TPSA) is 84.2 Å². The van der Waals surface area contributed by atoms with Gasteiger partial charge in [-0.25, -0.2) is 4.79 Å². The minimum absolute atomic E-state index is 0.0844. The summed E-state index contributed by atoms with van der Waals surface area (Å²) in [7, 11) is 1.38. The summed E-state index contributed by atoms with van der Waals surface area (Å²) in [4.78, 5) is 25.6. The first-order valence-electron chi connectivity index (χ1n) is 10.7. The molecule has 0 spiro atoms. The average Bonchev–Trinajstić information content (AvgIpc) is 2.86. The van der Waals surface area contributed by atoms with E-state index in [0.717, 1.165) is 6.07 Å². The number of alkyl halides is 3. The third-order valence-corrected chi connectivity index (χ3v) is 4.98. The number of halogens is 3. The second-order valence-corrected chi connectivity index (χ2v) is 7.32. The quantitative estimate of drug-likeness (QED) is 0.220. The largest absolute Gasteiger partial charge is 0.496 e. The smallest absolute Gasteiger partial charge is 0.453 e. The van der Waals surface area contributed by atoms with Gasteiger partial charge in [-0.3, -0.25) is 4.79 Å². The number of fused-ring (bicyclic) bond motifs is 1. The Balaban J connectivity index is 1.76. The Morgan fingerprint density at radius 3 is 2.28 bits per heavy atom. The maximum Gasteiger partial charge on any atom is 0.453 e. The zero-order valence-electron chi connectivity index (χ0n) is 19.0. The van der Waals surface area contributed by atoms with Gasteiger partial charge in [0.25, 0.3) is 5.76 Å². The number of carbonyl (C=O) groups is 1. The van der Waals surface area contributed by atoms with Crippen molar-refractivity contribution >= 4 is 16.9 Å². The van der Waals surface area contributed by atoms with Gasteiger partial charge >= 0.3 is 12.1 Å². The molecular weight excluding hydrogens is 481 g/mol. The molecule has 0 aliphatic carbocycles. The number of ether oxygens (including phenoxy) is 4. The summed E-state index contributed by atoms with van der Waals surface area (Å²) in [5.41, 5.74) is -1.39. The fourth-order valence-electron chi connectivity index (χ4n) is 3.39. The number of methoxy groups -OCH3 is 1. The van der Waals surface area contributed by atoms with Gasteiger partial charge in [-0.05, 0) is 43.3 Å². The van der Waals surface area contributed by atoms with E-state index in [1.807, 2.05) is 0 Å². The number of hydrogen-bond acceptors (Lipinski definition) is 7. The number of esters is 1. The molecule has 0 saturated carbocycles. The number of rotatable bonds is 7. The van der Waals surface area contributed by atoms with Crippen molar-refractivity contribution in [3.8, 4) is 28.7 Å². The normalized spacial score (nSPS) is 11.2. The minimum atomic E-state index is -5.06. The van der Waals surface area contributed by atoms with Gasteiger partial charge < -0.3 is 23.4 Å². The van der Waals surface area contributed by atoms with Crippen LogP contribution in [-0.4, -0.2) is 19.7 Å². The van der Waals surface area contributed by atoms with E-state index in [2.05, 4.69) is 0 Å². The molecule has 0 unspecified atom stereocenters. The van der Waals surface area contributed by atoms with Gasteiger partial charge in [0.1, 0.15) is 22.6 Å². The van der Waals surface area contributed by atoms with Crippen molar-refractivity contribution in [2.75, 3.05) is 13.7 Å². The molecule has 36 heavy (non-hydrogen) atoms. The van der Waals surface area contributed by atoms with Crippen LogP contribution in [0.25, 0.3) is 11.0 Å². The first-order valence-corrected chi connectivity index (χ1v) is 10.7. The molecule has 1 aromatic heterocycles. The van der Waals surface area contributed by atoms with Crippen LogP contribution in [-0.2, 0) is 6.18 Å². The van der Waals surface area contributed by atoms with Crippen LogP contribution in [0.1, 0.15) is 23.0 Å². The third kappa shape index (κ3) is 4.97. The lowest BCUT2D eigenvalue weighted by Crippen LogP contribution is -2.16. The van der Waals surface area contributed by atoms with Crippen LogP contribution in [0.4, 0.5) is 13.2 Å². The second kappa shape index (κ2) is 10.0. The zero-order chi connectivity index (χ0) is 25.9. The van der Waals surface area contributed by atoms with Gasteiger partial charge in [0, 0.05) is 6.07 Å². The highest BCUT2D eigenvalue weighted by atomic mass is 19.4. The Morgan fingerprint density at radius 1 is 0.944 bits per heavy atom. The van der Waals surface area contributed by atoms with Crippen molar-refractivity contribution in [2.45, 2.75) is 13.1 Å². The summed E-state index contributed by atoms with van der Waals surface area (Å²) < 4.78 is 67.9. The maximum atomic E-state index is 13.9. The van der Waals surface area contributed by atoms with Crippen LogP contribution >= 0.6 is 0 Å². The molecule has 0 N–H and O–H groups in total. The molecule has 0 aliphatic heterocycles. The molecule has 0 amide bonds. The molecule has 0 fully saturated rings. The van der Waals surface area contributed by atoms with Crippen LogP contribution in [0.2, 0.25) is 0 Å². The van der Waals surface area contributed by atoms with Gasteiger partial charge in [0.05, 0.1) is 19.1 Å². The van der Waals surface area contributed by atoms with Crippen molar-refractivity contribution in [3.63, 3.8) is 0 Å². The van der Waals surface area contributed by atoms with E-state index >= 15 is 0 Å². The second-order valence-electron chi connectivity index (χ2n) is 7.32. The van der Waals surface area contributed by atoms with Crippen molar-refractivity contribution in [1.29, 1.82) is 0 Å². The average molecular weight is 500 g/mol. The van der Waals surface area contributed by atoms with Crippen LogP contribution in [0.5, 0.6) is 28.7 Å². The SMILES string of the molecule is CCOc1ccccc1Oc1c(C(F)(F)F)oc2cc(OC(=O)c3ccccc3OC)ccc2c1=O. The molecule has 7 nitrogen and oxygen atoms in total. The molecule has 0 radical (unpaired) electrons. The van der Waals surface area contributed by atoms with Crippen LogP contribution in [0, 0.1) is 0 Å². The van der Waals surface area contributed by atoms with Gasteiger partial charge in [-0.1, -0.05) is 24.3 Å². The molecule has 4 rings (SSSR count). The monoisotopic (exact) mass is 500 g/mol. The highest BCUT2D eigenvalue weighted by Crippen LogP contribution is 2.40. The summed E-state index contributed by atoms with van der Waals surface area (Å²) in [5, 5.41) is -0.205. The highest BCUT2D eigenvalue weighted by Gasteiger charge is 2.40. The predicted molar refractivity (Wildman–Crippen MR) is 123 cm³/mol. The standard InChI is InChI=1S/C26H19F3O7/c1-3-33-19-10-6-7-11-20(19)35-23-22(30)16-13-12-15(14-21(16)36-24(23)26(27,28)29)34-25(31)17-8-4-5-9-18(17)32-2/h4-14H,3H2,1-2H3.